The topological polar surface area (TPSA) is 148 Å². The van der Waals surface area contributed by atoms with Crippen molar-refractivity contribution in [3.63, 3.8) is 0 Å². The van der Waals surface area contributed by atoms with Crippen LogP contribution in [0.1, 0.15) is 43.9 Å². The van der Waals surface area contributed by atoms with E-state index in [0.29, 0.717) is 47.9 Å². The van der Waals surface area contributed by atoms with Crippen LogP contribution in [0.25, 0.3) is 0 Å². The summed E-state index contributed by atoms with van der Waals surface area (Å²) in [6, 6.07) is 10.4. The van der Waals surface area contributed by atoms with Gasteiger partial charge in [0.15, 0.2) is 0 Å². The van der Waals surface area contributed by atoms with E-state index in [9.17, 15) is 9.90 Å². The Morgan fingerprint density at radius 1 is 1.33 bits per heavy atom. The van der Waals surface area contributed by atoms with E-state index >= 15 is 0 Å². The Morgan fingerprint density at radius 3 is 2.64 bits per heavy atom. The summed E-state index contributed by atoms with van der Waals surface area (Å²) < 4.78 is 5.23. The third-order valence-electron chi connectivity index (χ3n) is 6.05. The molecule has 1 saturated carbocycles. The number of amidine groups is 1. The van der Waals surface area contributed by atoms with Crippen LogP contribution in [0.2, 0.25) is 0 Å². The molecule has 3 rings (SSSR count). The van der Waals surface area contributed by atoms with E-state index in [4.69, 9.17) is 16.2 Å². The number of nitrogens with one attached hydrogen (secondary N) is 2. The zero-order valence-electron chi connectivity index (χ0n) is 19.4. The molecule has 1 fully saturated rings. The van der Waals surface area contributed by atoms with Crippen LogP contribution < -0.4 is 22.1 Å². The summed E-state index contributed by atoms with van der Waals surface area (Å²) in [7, 11) is 1.58. The lowest BCUT2D eigenvalue weighted by atomic mass is 9.67. The third kappa shape index (κ3) is 6.66. The number of aliphatic hydroxyl groups is 1. The first-order valence-corrected chi connectivity index (χ1v) is 11.1. The van der Waals surface area contributed by atoms with Crippen LogP contribution in [0.3, 0.4) is 0 Å². The molecule has 0 spiro atoms. The van der Waals surface area contributed by atoms with Crippen molar-refractivity contribution in [2.24, 2.45) is 22.6 Å². The van der Waals surface area contributed by atoms with Gasteiger partial charge in [-0.05, 0) is 44.1 Å². The first-order chi connectivity index (χ1) is 15.7. The highest BCUT2D eigenvalue weighted by atomic mass is 16.5. The van der Waals surface area contributed by atoms with E-state index in [1.165, 1.54) is 6.20 Å². The molecule has 1 unspecified atom stereocenters. The predicted octanol–water partition coefficient (Wildman–Crippen LogP) is 2.68. The van der Waals surface area contributed by atoms with Gasteiger partial charge in [-0.15, -0.1) is 0 Å². The van der Waals surface area contributed by atoms with Crippen molar-refractivity contribution < 1.29 is 14.6 Å². The summed E-state index contributed by atoms with van der Waals surface area (Å²) in [4.78, 5) is 21.2. The maximum Gasteiger partial charge on any atom is 0.320 e. The molecule has 9 nitrogen and oxygen atoms in total. The maximum atomic E-state index is 12.5. The normalized spacial score (nSPS) is 19.5. The number of ether oxygens (including phenoxy) is 1. The number of aromatic nitrogens is 1. The second-order valence-corrected chi connectivity index (χ2v) is 9.09. The van der Waals surface area contributed by atoms with Crippen LogP contribution in [-0.4, -0.2) is 47.8 Å². The summed E-state index contributed by atoms with van der Waals surface area (Å²) in [6.45, 7) is 4.59. The zero-order chi connectivity index (χ0) is 24.0. The smallest absolute Gasteiger partial charge is 0.320 e. The molecule has 2 aromatic rings. The van der Waals surface area contributed by atoms with Crippen molar-refractivity contribution in [2.45, 2.75) is 38.3 Å². The molecule has 178 valence electrons. The van der Waals surface area contributed by atoms with E-state index in [0.717, 1.165) is 18.4 Å². The Morgan fingerprint density at radius 2 is 2.03 bits per heavy atom. The number of hydrogen-bond acceptors (Lipinski definition) is 6. The number of nitrogen functional groups attached to an aromatic ring is 1. The van der Waals surface area contributed by atoms with Crippen molar-refractivity contribution in [3.05, 3.63) is 53.7 Å². The number of aliphatic imine (C=N–C) groups is 1. The fraction of sp³-hybridized carbons (Fsp3) is 0.458. The average molecular weight is 455 g/mol. The molecule has 1 atom stereocenters. The number of pyridine rings is 1. The number of carbonyl (C=O) groups excluding carboxylic acids is 1. The van der Waals surface area contributed by atoms with E-state index in [2.05, 4.69) is 20.6 Å². The first kappa shape index (κ1) is 24.5. The summed E-state index contributed by atoms with van der Waals surface area (Å²) in [6.07, 6.45) is 3.37. The molecule has 7 N–H and O–H groups in total. The van der Waals surface area contributed by atoms with Gasteiger partial charge in [0.2, 0.25) is 0 Å². The Kier molecular flexibility index (Phi) is 7.88. The summed E-state index contributed by atoms with van der Waals surface area (Å²) in [5.74, 6) is 1.32. The van der Waals surface area contributed by atoms with Crippen LogP contribution in [0, 0.1) is 11.8 Å². The van der Waals surface area contributed by atoms with E-state index in [1.807, 2.05) is 44.2 Å². The number of hydrogen-bond donors (Lipinski definition) is 5. The molecule has 1 aromatic heterocycles. The highest BCUT2D eigenvalue weighted by Gasteiger charge is 2.38. The minimum absolute atomic E-state index is 0.299. The molecule has 9 heteroatoms. The number of amides is 2. The van der Waals surface area contributed by atoms with Crippen LogP contribution in [0.5, 0.6) is 0 Å². The van der Waals surface area contributed by atoms with Gasteiger partial charge in [0.1, 0.15) is 11.7 Å². The van der Waals surface area contributed by atoms with Crippen LogP contribution in [0.15, 0.2) is 47.6 Å². The molecule has 0 aliphatic heterocycles. The van der Waals surface area contributed by atoms with Crippen LogP contribution in [0.4, 0.5) is 16.3 Å². The van der Waals surface area contributed by atoms with E-state index in [-0.39, 0.29) is 6.04 Å². The average Bonchev–Trinajstić information content (AvgIpc) is 2.72. The number of methoxy groups -OCH3 is 1. The molecule has 1 aliphatic carbocycles. The lowest BCUT2D eigenvalue weighted by Crippen LogP contribution is -2.41. The SMILES string of the molecule is COCC(NC(=O)Nc1cc(N)c(C(N)=NCC2CC(C(C)(C)O)C2)cn1)c1ccccc1. The molecule has 0 radical (unpaired) electrons. The van der Waals surface area contributed by atoms with Gasteiger partial charge in [-0.3, -0.25) is 10.3 Å². The number of carbonyl (C=O) groups is 1. The number of urea groups is 1. The Hall–Kier alpha value is -3.17. The minimum atomic E-state index is -0.653. The standard InChI is InChI=1S/C24H34N6O3/c1-24(2,32)17-9-15(10-17)12-28-22(26)18-13-27-21(11-19(18)25)30-23(31)29-20(14-33-3)16-7-5-4-6-8-16/h4-8,11,13,15,17,20,32H,9-10,12,14H2,1-3H3,(H2,26,28)(H4,25,27,29,30,31). The van der Waals surface area contributed by atoms with Gasteiger partial charge in [0, 0.05) is 31.6 Å². The third-order valence-corrected chi connectivity index (χ3v) is 6.05. The van der Waals surface area contributed by atoms with Crippen molar-refractivity contribution in [3.8, 4) is 0 Å². The number of anilines is 2. The summed E-state index contributed by atoms with van der Waals surface area (Å²) in [5, 5.41) is 15.6. The number of nitrogens with zero attached hydrogens (tertiary/aromatic N) is 2. The molecule has 1 heterocycles. The van der Waals surface area contributed by atoms with Gasteiger partial charge in [-0.2, -0.15) is 0 Å². The highest BCUT2D eigenvalue weighted by Crippen LogP contribution is 2.40. The van der Waals surface area contributed by atoms with E-state index in [1.54, 1.807) is 13.2 Å². The Labute approximate surface area is 194 Å². The van der Waals surface area contributed by atoms with Gasteiger partial charge < -0.3 is 26.6 Å². The highest BCUT2D eigenvalue weighted by molar-refractivity contribution is 6.02. The second-order valence-electron chi connectivity index (χ2n) is 9.09. The monoisotopic (exact) mass is 454 g/mol. The van der Waals surface area contributed by atoms with Crippen molar-refractivity contribution in [2.75, 3.05) is 31.3 Å². The van der Waals surface area contributed by atoms with Gasteiger partial charge in [-0.25, -0.2) is 9.78 Å². The Bertz CT molecular complexity index is 968. The van der Waals surface area contributed by atoms with Gasteiger partial charge in [0.25, 0.3) is 0 Å². The first-order valence-electron chi connectivity index (χ1n) is 11.1. The molecule has 0 saturated heterocycles. The fourth-order valence-electron chi connectivity index (χ4n) is 3.91. The van der Waals surface area contributed by atoms with Gasteiger partial charge in [0.05, 0.1) is 23.8 Å². The molecule has 1 aromatic carbocycles. The molecular weight excluding hydrogens is 420 g/mol. The maximum absolute atomic E-state index is 12.5. The van der Waals surface area contributed by atoms with Crippen LogP contribution >= 0.6 is 0 Å². The summed E-state index contributed by atoms with van der Waals surface area (Å²) >= 11 is 0. The zero-order valence-corrected chi connectivity index (χ0v) is 19.4. The lowest BCUT2D eigenvalue weighted by molar-refractivity contribution is -0.0406. The minimum Gasteiger partial charge on any atom is -0.398 e. The van der Waals surface area contributed by atoms with Gasteiger partial charge >= 0.3 is 6.03 Å². The van der Waals surface area contributed by atoms with Crippen LogP contribution in [-0.2, 0) is 4.74 Å². The number of benzene rings is 1. The molecule has 2 amide bonds. The quantitative estimate of drug-likeness (QED) is 0.291. The second kappa shape index (κ2) is 10.6. The van der Waals surface area contributed by atoms with Crippen molar-refractivity contribution in [1.82, 2.24) is 10.3 Å². The predicted molar refractivity (Wildman–Crippen MR) is 130 cm³/mol. The largest absolute Gasteiger partial charge is 0.398 e. The Balaban J connectivity index is 1.57. The van der Waals surface area contributed by atoms with Gasteiger partial charge in [-0.1, -0.05) is 30.3 Å². The molecule has 0 bridgehead atoms. The summed E-state index contributed by atoms with van der Waals surface area (Å²) in [5.41, 5.74) is 13.5. The molecular formula is C24H34N6O3. The van der Waals surface area contributed by atoms with Crippen molar-refractivity contribution in [1.29, 1.82) is 0 Å². The number of nitrogens with two attached hydrogens (primary N) is 2. The van der Waals surface area contributed by atoms with Crippen molar-refractivity contribution >= 4 is 23.4 Å². The lowest BCUT2D eigenvalue weighted by Gasteiger charge is -2.42. The fourth-order valence-corrected chi connectivity index (χ4v) is 3.91. The molecule has 33 heavy (non-hydrogen) atoms. The number of rotatable bonds is 9. The molecule has 1 aliphatic rings. The van der Waals surface area contributed by atoms with E-state index < -0.39 is 11.6 Å².